The maximum atomic E-state index is 13.9. The maximum absolute atomic E-state index is 13.9. The molecule has 1 atom stereocenters. The molecular formula is C13H14BrClFN3. The van der Waals surface area contributed by atoms with Crippen LogP contribution in [0.25, 0.3) is 0 Å². The van der Waals surface area contributed by atoms with Crippen LogP contribution in [0, 0.1) is 5.82 Å². The average molecular weight is 347 g/mol. The fraction of sp³-hybridized carbons (Fsp3) is 0.308. The van der Waals surface area contributed by atoms with E-state index in [-0.39, 0.29) is 16.9 Å². The predicted octanol–water partition coefficient (Wildman–Crippen LogP) is 3.48. The molecule has 6 heteroatoms. The zero-order chi connectivity index (χ0) is 14.0. The summed E-state index contributed by atoms with van der Waals surface area (Å²) in [5.74, 6) is -0.359. The number of aromatic nitrogens is 2. The van der Waals surface area contributed by atoms with Gasteiger partial charge in [-0.1, -0.05) is 23.7 Å². The molecule has 1 heterocycles. The van der Waals surface area contributed by atoms with Crippen molar-refractivity contribution in [1.82, 2.24) is 15.1 Å². The van der Waals surface area contributed by atoms with Crippen molar-refractivity contribution in [2.75, 3.05) is 7.05 Å². The van der Waals surface area contributed by atoms with Crippen molar-refractivity contribution >= 4 is 27.5 Å². The first-order valence-corrected chi connectivity index (χ1v) is 6.99. The highest BCUT2D eigenvalue weighted by Crippen LogP contribution is 2.27. The highest BCUT2D eigenvalue weighted by molar-refractivity contribution is 9.10. The number of nitrogens with zero attached hydrogens (tertiary/aromatic N) is 2. The van der Waals surface area contributed by atoms with Gasteiger partial charge in [0.2, 0.25) is 0 Å². The molecule has 3 nitrogen and oxygen atoms in total. The molecule has 0 aliphatic rings. The number of likely N-dealkylation sites (N-methyl/N-ethyl adjacent to an activating group) is 1. The molecule has 19 heavy (non-hydrogen) atoms. The van der Waals surface area contributed by atoms with Gasteiger partial charge in [0.1, 0.15) is 5.82 Å². The normalized spacial score (nSPS) is 12.7. The lowest BCUT2D eigenvalue weighted by atomic mass is 10.0. The predicted molar refractivity (Wildman–Crippen MR) is 77.8 cm³/mol. The molecule has 0 bridgehead atoms. The molecule has 0 spiro atoms. The largest absolute Gasteiger partial charge is 0.311 e. The second kappa shape index (κ2) is 6.03. The van der Waals surface area contributed by atoms with Crippen LogP contribution >= 0.6 is 27.5 Å². The van der Waals surface area contributed by atoms with E-state index in [0.717, 1.165) is 10.2 Å². The molecule has 102 valence electrons. The van der Waals surface area contributed by atoms with E-state index in [1.54, 1.807) is 29.1 Å². The number of rotatable bonds is 4. The van der Waals surface area contributed by atoms with Gasteiger partial charge in [-0.15, -0.1) is 0 Å². The summed E-state index contributed by atoms with van der Waals surface area (Å²) >= 11 is 9.27. The molecule has 1 aromatic heterocycles. The fourth-order valence-corrected chi connectivity index (χ4v) is 2.89. The molecule has 0 radical (unpaired) electrons. The van der Waals surface area contributed by atoms with E-state index in [0.29, 0.717) is 12.0 Å². The lowest BCUT2D eigenvalue weighted by Gasteiger charge is -2.18. The standard InChI is InChI=1S/C13H14BrClFN3/c1-17-11(13-9(14)7-18-19(13)2)6-8-4-3-5-10(15)12(8)16/h3-5,7,11,17H,6H2,1-2H3. The van der Waals surface area contributed by atoms with Crippen molar-refractivity contribution in [3.8, 4) is 0 Å². The van der Waals surface area contributed by atoms with E-state index >= 15 is 0 Å². The van der Waals surface area contributed by atoms with Gasteiger partial charge in [-0.05, 0) is 41.0 Å². The minimum absolute atomic E-state index is 0.0464. The van der Waals surface area contributed by atoms with Crippen LogP contribution in [0.4, 0.5) is 4.39 Å². The summed E-state index contributed by atoms with van der Waals surface area (Å²) in [6.07, 6.45) is 2.23. The van der Waals surface area contributed by atoms with Crippen LogP contribution in [0.3, 0.4) is 0 Å². The van der Waals surface area contributed by atoms with E-state index in [4.69, 9.17) is 11.6 Å². The molecule has 2 aromatic rings. The van der Waals surface area contributed by atoms with Crippen LogP contribution in [0.2, 0.25) is 5.02 Å². The third-order valence-electron chi connectivity index (χ3n) is 3.07. The monoisotopic (exact) mass is 345 g/mol. The van der Waals surface area contributed by atoms with Gasteiger partial charge in [-0.3, -0.25) is 4.68 Å². The molecule has 2 rings (SSSR count). The van der Waals surface area contributed by atoms with Crippen LogP contribution in [-0.4, -0.2) is 16.8 Å². The zero-order valence-corrected chi connectivity index (χ0v) is 13.0. The summed E-state index contributed by atoms with van der Waals surface area (Å²) in [7, 11) is 3.70. The zero-order valence-electron chi connectivity index (χ0n) is 10.6. The summed E-state index contributed by atoms with van der Waals surface area (Å²) in [5, 5.41) is 7.51. The molecule has 0 aliphatic heterocycles. The molecule has 1 unspecified atom stereocenters. The molecule has 0 saturated carbocycles. The second-order valence-corrected chi connectivity index (χ2v) is 5.52. The first-order chi connectivity index (χ1) is 9.04. The molecule has 1 N–H and O–H groups in total. The van der Waals surface area contributed by atoms with Gasteiger partial charge in [-0.2, -0.15) is 5.10 Å². The number of aryl methyl sites for hydroxylation is 1. The van der Waals surface area contributed by atoms with Gasteiger partial charge in [-0.25, -0.2) is 4.39 Å². The number of benzene rings is 1. The van der Waals surface area contributed by atoms with Crippen LogP contribution in [0.15, 0.2) is 28.9 Å². The van der Waals surface area contributed by atoms with E-state index < -0.39 is 0 Å². The maximum Gasteiger partial charge on any atom is 0.145 e. The Morgan fingerprint density at radius 3 is 2.84 bits per heavy atom. The van der Waals surface area contributed by atoms with Crippen LogP contribution < -0.4 is 5.32 Å². The Hall–Kier alpha value is -0.910. The van der Waals surface area contributed by atoms with Crippen molar-refractivity contribution in [2.45, 2.75) is 12.5 Å². The molecule has 0 fully saturated rings. The van der Waals surface area contributed by atoms with Crippen LogP contribution in [-0.2, 0) is 13.5 Å². The SMILES string of the molecule is CNC(Cc1cccc(Cl)c1F)c1c(Br)cnn1C. The van der Waals surface area contributed by atoms with Crippen molar-refractivity contribution in [3.05, 3.63) is 51.0 Å². The van der Waals surface area contributed by atoms with E-state index in [1.165, 1.54) is 0 Å². The number of hydrogen-bond donors (Lipinski definition) is 1. The van der Waals surface area contributed by atoms with E-state index in [9.17, 15) is 4.39 Å². The molecule has 1 aromatic carbocycles. The lowest BCUT2D eigenvalue weighted by molar-refractivity contribution is 0.518. The van der Waals surface area contributed by atoms with E-state index in [2.05, 4.69) is 26.3 Å². The first kappa shape index (κ1) is 14.5. The first-order valence-electron chi connectivity index (χ1n) is 5.82. The summed E-state index contributed by atoms with van der Waals surface area (Å²) in [5.41, 5.74) is 1.56. The van der Waals surface area contributed by atoms with Crippen LogP contribution in [0.1, 0.15) is 17.3 Å². The summed E-state index contributed by atoms with van der Waals surface area (Å²) in [6, 6.07) is 5.01. The Bertz CT molecular complexity index is 566. The molecule has 0 aliphatic carbocycles. The minimum atomic E-state index is -0.359. The van der Waals surface area contributed by atoms with E-state index in [1.807, 2.05) is 14.1 Å². The topological polar surface area (TPSA) is 29.9 Å². The average Bonchev–Trinajstić information content (AvgIpc) is 2.72. The van der Waals surface area contributed by atoms with Gasteiger partial charge in [0.05, 0.1) is 27.4 Å². The van der Waals surface area contributed by atoms with Crippen molar-refractivity contribution in [1.29, 1.82) is 0 Å². The van der Waals surface area contributed by atoms with Gasteiger partial charge < -0.3 is 5.32 Å². The molecular weight excluding hydrogens is 333 g/mol. The van der Waals surface area contributed by atoms with Gasteiger partial charge >= 0.3 is 0 Å². The number of hydrogen-bond acceptors (Lipinski definition) is 2. The lowest BCUT2D eigenvalue weighted by Crippen LogP contribution is -2.22. The van der Waals surface area contributed by atoms with Crippen molar-refractivity contribution in [3.63, 3.8) is 0 Å². The summed E-state index contributed by atoms with van der Waals surface area (Å²) < 4.78 is 16.6. The summed E-state index contributed by atoms with van der Waals surface area (Å²) in [4.78, 5) is 0. The molecule has 0 amide bonds. The number of halogens is 3. The fourth-order valence-electron chi connectivity index (χ4n) is 2.07. The highest BCUT2D eigenvalue weighted by atomic mass is 79.9. The van der Waals surface area contributed by atoms with Gasteiger partial charge in [0.25, 0.3) is 0 Å². The van der Waals surface area contributed by atoms with Crippen molar-refractivity contribution in [2.24, 2.45) is 7.05 Å². The third-order valence-corrected chi connectivity index (χ3v) is 3.97. The minimum Gasteiger partial charge on any atom is -0.311 e. The van der Waals surface area contributed by atoms with Gasteiger partial charge in [0.15, 0.2) is 0 Å². The van der Waals surface area contributed by atoms with Gasteiger partial charge in [0, 0.05) is 7.05 Å². The Kier molecular flexibility index (Phi) is 4.60. The third kappa shape index (κ3) is 2.99. The Labute approximate surface area is 124 Å². The molecule has 0 saturated heterocycles. The second-order valence-electron chi connectivity index (χ2n) is 4.26. The summed E-state index contributed by atoms with van der Waals surface area (Å²) in [6.45, 7) is 0. The quantitative estimate of drug-likeness (QED) is 0.918. The van der Waals surface area contributed by atoms with Crippen molar-refractivity contribution < 1.29 is 4.39 Å². The Balaban J connectivity index is 2.32. The number of nitrogens with one attached hydrogen (secondary N) is 1. The van der Waals surface area contributed by atoms with Crippen LogP contribution in [0.5, 0.6) is 0 Å². The Morgan fingerprint density at radius 1 is 1.53 bits per heavy atom. The smallest absolute Gasteiger partial charge is 0.145 e. The highest BCUT2D eigenvalue weighted by Gasteiger charge is 2.19. The Morgan fingerprint density at radius 2 is 2.26 bits per heavy atom.